The van der Waals surface area contributed by atoms with Crippen molar-refractivity contribution in [1.29, 1.82) is 0 Å². The zero-order valence-corrected chi connectivity index (χ0v) is 17.9. The van der Waals surface area contributed by atoms with Crippen LogP contribution in [0.2, 0.25) is 0 Å². The molecule has 9 nitrogen and oxygen atoms in total. The fourth-order valence-corrected chi connectivity index (χ4v) is 2.57. The van der Waals surface area contributed by atoms with Crippen LogP contribution in [0.3, 0.4) is 0 Å². The van der Waals surface area contributed by atoms with Crippen LogP contribution in [0.1, 0.15) is 41.0 Å². The molecule has 2 aromatic carbocycles. The standard InChI is InChI=1S/C22H25N3O6/c1-5-31-22(28)15-6-8-16(9-7-15)23-20(26)12-14(2)24-25-21(27)18-11-10-17(29-3)13-19(18)30-4/h6-11,13H,5,12H2,1-4H3,(H,23,26)(H,25,27)/b24-14+. The molecule has 2 amide bonds. The lowest BCUT2D eigenvalue weighted by atomic mass is 10.2. The van der Waals surface area contributed by atoms with Gasteiger partial charge >= 0.3 is 5.97 Å². The predicted molar refractivity (Wildman–Crippen MR) is 116 cm³/mol. The summed E-state index contributed by atoms with van der Waals surface area (Å²) in [6, 6.07) is 11.1. The summed E-state index contributed by atoms with van der Waals surface area (Å²) in [5.41, 5.74) is 4.02. The minimum atomic E-state index is -0.478. The van der Waals surface area contributed by atoms with Gasteiger partial charge in [0.2, 0.25) is 5.91 Å². The second-order valence-corrected chi connectivity index (χ2v) is 6.38. The van der Waals surface area contributed by atoms with Crippen LogP contribution in [0.15, 0.2) is 47.6 Å². The van der Waals surface area contributed by atoms with Gasteiger partial charge in [0, 0.05) is 17.5 Å². The number of rotatable bonds is 9. The molecule has 0 spiro atoms. The fraction of sp³-hybridized carbons (Fsp3) is 0.273. The van der Waals surface area contributed by atoms with E-state index in [4.69, 9.17) is 14.2 Å². The number of carbonyl (C=O) groups is 3. The lowest BCUT2D eigenvalue weighted by Crippen LogP contribution is -2.22. The van der Waals surface area contributed by atoms with E-state index < -0.39 is 11.9 Å². The SMILES string of the molecule is CCOC(=O)c1ccc(NC(=O)C/C(C)=N/NC(=O)c2ccc(OC)cc2OC)cc1. The quantitative estimate of drug-likeness (QED) is 0.361. The fourth-order valence-electron chi connectivity index (χ4n) is 2.57. The van der Waals surface area contributed by atoms with Crippen molar-refractivity contribution in [3.63, 3.8) is 0 Å². The molecule has 0 aliphatic heterocycles. The molecule has 0 saturated heterocycles. The molecule has 0 radical (unpaired) electrons. The summed E-state index contributed by atoms with van der Waals surface area (Å²) in [4.78, 5) is 36.2. The first-order chi connectivity index (χ1) is 14.9. The number of carbonyl (C=O) groups excluding carboxylic acids is 3. The maximum atomic E-state index is 12.4. The summed E-state index contributed by atoms with van der Waals surface area (Å²) >= 11 is 0. The van der Waals surface area contributed by atoms with Crippen molar-refractivity contribution in [3.8, 4) is 11.5 Å². The van der Waals surface area contributed by atoms with Crippen LogP contribution in [-0.2, 0) is 9.53 Å². The average Bonchev–Trinajstić information content (AvgIpc) is 2.77. The molecule has 0 saturated carbocycles. The molecule has 0 fully saturated rings. The number of ether oxygens (including phenoxy) is 3. The van der Waals surface area contributed by atoms with Crippen LogP contribution in [-0.4, -0.2) is 44.3 Å². The first-order valence-corrected chi connectivity index (χ1v) is 9.50. The second-order valence-electron chi connectivity index (χ2n) is 6.38. The van der Waals surface area contributed by atoms with Crippen molar-refractivity contribution in [1.82, 2.24) is 5.43 Å². The van der Waals surface area contributed by atoms with E-state index in [0.717, 1.165) is 0 Å². The van der Waals surface area contributed by atoms with Crippen LogP contribution in [0.4, 0.5) is 5.69 Å². The van der Waals surface area contributed by atoms with E-state index >= 15 is 0 Å². The zero-order valence-electron chi connectivity index (χ0n) is 17.9. The number of anilines is 1. The maximum absolute atomic E-state index is 12.4. The maximum Gasteiger partial charge on any atom is 0.338 e. The van der Waals surface area contributed by atoms with Gasteiger partial charge in [-0.05, 0) is 50.2 Å². The van der Waals surface area contributed by atoms with Gasteiger partial charge in [0.25, 0.3) is 5.91 Å². The van der Waals surface area contributed by atoms with E-state index in [9.17, 15) is 14.4 Å². The summed E-state index contributed by atoms with van der Waals surface area (Å²) in [5, 5.41) is 6.67. The van der Waals surface area contributed by atoms with Gasteiger partial charge in [-0.15, -0.1) is 0 Å². The van der Waals surface area contributed by atoms with E-state index in [1.54, 1.807) is 56.3 Å². The Kier molecular flexibility index (Phi) is 8.56. The summed E-state index contributed by atoms with van der Waals surface area (Å²) in [6.07, 6.45) is -0.0281. The Labute approximate surface area is 180 Å². The van der Waals surface area contributed by atoms with Crippen LogP contribution >= 0.6 is 0 Å². The number of hydrazone groups is 1. The largest absolute Gasteiger partial charge is 0.497 e. The highest BCUT2D eigenvalue weighted by Gasteiger charge is 2.13. The van der Waals surface area contributed by atoms with E-state index in [1.807, 2.05) is 0 Å². The zero-order chi connectivity index (χ0) is 22.8. The number of benzene rings is 2. The summed E-state index contributed by atoms with van der Waals surface area (Å²) < 4.78 is 15.2. The number of esters is 1. The lowest BCUT2D eigenvalue weighted by molar-refractivity contribution is -0.115. The van der Waals surface area contributed by atoms with Crippen LogP contribution in [0.25, 0.3) is 0 Å². The van der Waals surface area contributed by atoms with E-state index in [1.165, 1.54) is 14.2 Å². The van der Waals surface area contributed by atoms with Crippen molar-refractivity contribution in [3.05, 3.63) is 53.6 Å². The Morgan fingerprint density at radius 2 is 1.71 bits per heavy atom. The second kappa shape index (κ2) is 11.3. The average molecular weight is 427 g/mol. The monoisotopic (exact) mass is 427 g/mol. The third-order valence-corrected chi connectivity index (χ3v) is 4.10. The molecule has 31 heavy (non-hydrogen) atoms. The van der Waals surface area contributed by atoms with Gasteiger partial charge in [0.05, 0.1) is 38.4 Å². The summed E-state index contributed by atoms with van der Waals surface area (Å²) in [5.74, 6) is -0.323. The molecule has 0 heterocycles. The van der Waals surface area contributed by atoms with Crippen molar-refractivity contribution < 1.29 is 28.6 Å². The highest BCUT2D eigenvalue weighted by Crippen LogP contribution is 2.24. The van der Waals surface area contributed by atoms with Crippen LogP contribution in [0.5, 0.6) is 11.5 Å². The molecule has 2 aromatic rings. The van der Waals surface area contributed by atoms with Crippen molar-refractivity contribution in [2.75, 3.05) is 26.1 Å². The van der Waals surface area contributed by atoms with Crippen LogP contribution in [0, 0.1) is 0 Å². The number of nitrogens with one attached hydrogen (secondary N) is 2. The van der Waals surface area contributed by atoms with Gasteiger partial charge in [-0.2, -0.15) is 5.10 Å². The van der Waals surface area contributed by atoms with Crippen molar-refractivity contribution >= 4 is 29.2 Å². The molecular formula is C22H25N3O6. The minimum absolute atomic E-state index is 0.0281. The third kappa shape index (κ3) is 6.84. The molecule has 164 valence electrons. The summed E-state index contributed by atoms with van der Waals surface area (Å²) in [6.45, 7) is 3.64. The molecule has 2 N–H and O–H groups in total. The lowest BCUT2D eigenvalue weighted by Gasteiger charge is -2.09. The van der Waals surface area contributed by atoms with E-state index in [2.05, 4.69) is 15.8 Å². The van der Waals surface area contributed by atoms with Crippen molar-refractivity contribution in [2.45, 2.75) is 20.3 Å². The number of nitrogens with zero attached hydrogens (tertiary/aromatic N) is 1. The van der Waals surface area contributed by atoms with E-state index in [-0.39, 0.29) is 24.5 Å². The molecule has 0 unspecified atom stereocenters. The Morgan fingerprint density at radius 3 is 2.32 bits per heavy atom. The minimum Gasteiger partial charge on any atom is -0.497 e. The van der Waals surface area contributed by atoms with Gasteiger partial charge in [-0.3, -0.25) is 9.59 Å². The highest BCUT2D eigenvalue weighted by atomic mass is 16.5. The van der Waals surface area contributed by atoms with Crippen molar-refractivity contribution in [2.24, 2.45) is 5.10 Å². The molecule has 0 aliphatic rings. The Morgan fingerprint density at radius 1 is 1.00 bits per heavy atom. The number of hydrogen-bond donors (Lipinski definition) is 2. The summed E-state index contributed by atoms with van der Waals surface area (Å²) in [7, 11) is 2.96. The molecule has 2 rings (SSSR count). The predicted octanol–water partition coefficient (Wildman–Crippen LogP) is 3.02. The normalized spacial score (nSPS) is 10.8. The highest BCUT2D eigenvalue weighted by molar-refractivity contribution is 6.06. The van der Waals surface area contributed by atoms with E-state index in [0.29, 0.717) is 28.5 Å². The number of methoxy groups -OCH3 is 2. The molecular weight excluding hydrogens is 402 g/mol. The Balaban J connectivity index is 1.92. The molecule has 0 bridgehead atoms. The molecule has 0 atom stereocenters. The molecule has 0 aliphatic carbocycles. The first kappa shape index (κ1) is 23.4. The smallest absolute Gasteiger partial charge is 0.338 e. The topological polar surface area (TPSA) is 115 Å². The first-order valence-electron chi connectivity index (χ1n) is 9.50. The van der Waals surface area contributed by atoms with Gasteiger partial charge in [-0.1, -0.05) is 0 Å². The Hall–Kier alpha value is -3.88. The van der Waals surface area contributed by atoms with Gasteiger partial charge in [-0.25, -0.2) is 10.2 Å². The van der Waals surface area contributed by atoms with Gasteiger partial charge < -0.3 is 19.5 Å². The number of hydrogen-bond acceptors (Lipinski definition) is 7. The third-order valence-electron chi connectivity index (χ3n) is 4.10. The van der Waals surface area contributed by atoms with Gasteiger partial charge in [0.15, 0.2) is 0 Å². The molecule has 9 heteroatoms. The molecule has 0 aromatic heterocycles. The van der Waals surface area contributed by atoms with Gasteiger partial charge in [0.1, 0.15) is 11.5 Å². The number of amides is 2. The Bertz CT molecular complexity index is 970. The van der Waals surface area contributed by atoms with Crippen LogP contribution < -0.4 is 20.2 Å².